The highest BCUT2D eigenvalue weighted by molar-refractivity contribution is 5.93. The molecule has 2 heteroatoms. The molecule has 0 bridgehead atoms. The quantitative estimate of drug-likeness (QED) is 0.580. The summed E-state index contributed by atoms with van der Waals surface area (Å²) in [6.07, 6.45) is 2.04. The fraction of sp³-hybridized carbons (Fsp3) is 0.118. The number of benzene rings is 2. The maximum absolute atomic E-state index is 13.3. The van der Waals surface area contributed by atoms with Gasteiger partial charge in [0.1, 0.15) is 12.9 Å². The van der Waals surface area contributed by atoms with Crippen LogP contribution in [0, 0.1) is 12.7 Å². The largest absolute Gasteiger partial charge is 0.220 e. The highest BCUT2D eigenvalue weighted by Gasteiger charge is 2.16. The molecule has 1 heterocycles. The number of aromatic nitrogens is 1. The number of fused-ring (bicyclic) bond motifs is 1. The molecule has 94 valence electrons. The van der Waals surface area contributed by atoms with Crippen LogP contribution in [0.2, 0.25) is 0 Å². The zero-order chi connectivity index (χ0) is 13.4. The topological polar surface area (TPSA) is 3.88 Å². The van der Waals surface area contributed by atoms with Crippen molar-refractivity contribution < 1.29 is 8.96 Å². The van der Waals surface area contributed by atoms with E-state index in [0.717, 1.165) is 16.8 Å². The van der Waals surface area contributed by atoms with Crippen LogP contribution in [0.3, 0.4) is 0 Å². The maximum atomic E-state index is 13.3. The fourth-order valence-corrected chi connectivity index (χ4v) is 2.54. The molecule has 1 nitrogen and oxygen atoms in total. The molecule has 2 aromatic carbocycles. The Morgan fingerprint density at radius 1 is 1.00 bits per heavy atom. The third-order valence-electron chi connectivity index (χ3n) is 3.49. The first-order valence-electron chi connectivity index (χ1n) is 6.31. The highest BCUT2D eigenvalue weighted by atomic mass is 19.1. The zero-order valence-electron chi connectivity index (χ0n) is 11.0. The van der Waals surface area contributed by atoms with Gasteiger partial charge in [-0.3, -0.25) is 0 Å². The van der Waals surface area contributed by atoms with E-state index in [0.29, 0.717) is 0 Å². The van der Waals surface area contributed by atoms with Crippen molar-refractivity contribution in [3.63, 3.8) is 0 Å². The minimum Gasteiger partial charge on any atom is -0.207 e. The van der Waals surface area contributed by atoms with Crippen LogP contribution in [0.1, 0.15) is 5.56 Å². The number of halogens is 1. The molecular weight excluding hydrogens is 237 g/mol. The van der Waals surface area contributed by atoms with Crippen LogP contribution in [0.4, 0.5) is 4.39 Å². The van der Waals surface area contributed by atoms with Gasteiger partial charge in [0, 0.05) is 11.6 Å². The van der Waals surface area contributed by atoms with Gasteiger partial charge in [0.05, 0.1) is 5.39 Å². The average molecular weight is 252 g/mol. The van der Waals surface area contributed by atoms with Crippen LogP contribution in [0.5, 0.6) is 0 Å². The van der Waals surface area contributed by atoms with Gasteiger partial charge in [-0.15, -0.1) is 0 Å². The van der Waals surface area contributed by atoms with E-state index < -0.39 is 0 Å². The predicted molar refractivity (Wildman–Crippen MR) is 75.3 cm³/mol. The van der Waals surface area contributed by atoms with Crippen molar-refractivity contribution in [1.29, 1.82) is 0 Å². The molecule has 0 saturated carbocycles. The van der Waals surface area contributed by atoms with Crippen LogP contribution < -0.4 is 4.57 Å². The Morgan fingerprint density at radius 2 is 1.79 bits per heavy atom. The van der Waals surface area contributed by atoms with Crippen LogP contribution in [0.15, 0.2) is 54.7 Å². The SMILES string of the molecule is Cc1cc(F)ccc1-c1c2ccccc2cc[n+]1C. The third-order valence-corrected chi connectivity index (χ3v) is 3.49. The lowest BCUT2D eigenvalue weighted by Gasteiger charge is -2.07. The van der Waals surface area contributed by atoms with Crippen molar-refractivity contribution in [2.24, 2.45) is 7.05 Å². The summed E-state index contributed by atoms with van der Waals surface area (Å²) in [5, 5.41) is 2.38. The van der Waals surface area contributed by atoms with Crippen molar-refractivity contribution in [3.8, 4) is 11.3 Å². The van der Waals surface area contributed by atoms with E-state index in [1.54, 1.807) is 6.07 Å². The van der Waals surface area contributed by atoms with Crippen molar-refractivity contribution in [3.05, 3.63) is 66.1 Å². The summed E-state index contributed by atoms with van der Waals surface area (Å²) in [4.78, 5) is 0. The van der Waals surface area contributed by atoms with E-state index in [2.05, 4.69) is 22.8 Å². The van der Waals surface area contributed by atoms with Crippen molar-refractivity contribution in [2.45, 2.75) is 6.92 Å². The minimum atomic E-state index is -0.191. The summed E-state index contributed by atoms with van der Waals surface area (Å²) in [6.45, 7) is 1.94. The molecule has 0 unspecified atom stereocenters. The molecule has 0 saturated heterocycles. The smallest absolute Gasteiger partial charge is 0.207 e. The molecule has 0 fully saturated rings. The first-order valence-corrected chi connectivity index (χ1v) is 6.31. The Hall–Kier alpha value is -2.22. The standard InChI is InChI=1S/C17H15FN/c1-12-11-14(18)7-8-15(12)17-16-6-4-3-5-13(16)9-10-19(17)2/h3-11H,1-2H3/q+1. The molecule has 0 amide bonds. The predicted octanol–water partition coefficient (Wildman–Crippen LogP) is 3.78. The second-order valence-corrected chi connectivity index (χ2v) is 4.82. The summed E-state index contributed by atoms with van der Waals surface area (Å²) in [5.74, 6) is -0.191. The summed E-state index contributed by atoms with van der Waals surface area (Å²) in [6, 6.07) is 15.3. The number of pyridine rings is 1. The first kappa shape index (κ1) is 11.8. The van der Waals surface area contributed by atoms with Crippen LogP contribution >= 0.6 is 0 Å². The first-order chi connectivity index (χ1) is 9.16. The molecule has 0 radical (unpaired) electrons. The molecule has 1 aromatic heterocycles. The van der Waals surface area contributed by atoms with Crippen LogP contribution in [-0.4, -0.2) is 0 Å². The molecule has 3 aromatic rings. The summed E-state index contributed by atoms with van der Waals surface area (Å²) in [5.41, 5.74) is 3.14. The maximum Gasteiger partial charge on any atom is 0.220 e. The molecule has 0 aliphatic rings. The van der Waals surface area contributed by atoms with E-state index in [-0.39, 0.29) is 5.82 Å². The van der Waals surface area contributed by atoms with E-state index in [4.69, 9.17) is 0 Å². The lowest BCUT2D eigenvalue weighted by molar-refractivity contribution is -0.659. The molecule has 0 spiro atoms. The Labute approximate surface area is 111 Å². The number of aryl methyl sites for hydroxylation is 2. The Balaban J connectivity index is 2.38. The lowest BCUT2D eigenvalue weighted by Crippen LogP contribution is -2.30. The minimum absolute atomic E-state index is 0.191. The molecule has 0 N–H and O–H groups in total. The molecule has 0 atom stereocenters. The van der Waals surface area contributed by atoms with Gasteiger partial charge in [0.15, 0.2) is 6.20 Å². The van der Waals surface area contributed by atoms with Crippen molar-refractivity contribution >= 4 is 10.8 Å². The van der Waals surface area contributed by atoms with E-state index in [1.165, 1.54) is 16.8 Å². The van der Waals surface area contributed by atoms with Crippen molar-refractivity contribution in [1.82, 2.24) is 0 Å². The van der Waals surface area contributed by atoms with Gasteiger partial charge < -0.3 is 0 Å². The van der Waals surface area contributed by atoms with E-state index in [9.17, 15) is 4.39 Å². The van der Waals surface area contributed by atoms with Crippen molar-refractivity contribution in [2.75, 3.05) is 0 Å². The third kappa shape index (κ3) is 1.99. The number of rotatable bonds is 1. The molecule has 0 aliphatic heterocycles. The van der Waals surface area contributed by atoms with E-state index >= 15 is 0 Å². The zero-order valence-corrected chi connectivity index (χ0v) is 11.0. The van der Waals surface area contributed by atoms with Gasteiger partial charge in [0.25, 0.3) is 0 Å². The van der Waals surface area contributed by atoms with Gasteiger partial charge >= 0.3 is 0 Å². The van der Waals surface area contributed by atoms with Gasteiger partial charge in [-0.1, -0.05) is 18.2 Å². The summed E-state index contributed by atoms with van der Waals surface area (Å²) < 4.78 is 15.4. The molecule has 19 heavy (non-hydrogen) atoms. The summed E-state index contributed by atoms with van der Waals surface area (Å²) in [7, 11) is 2.02. The fourth-order valence-electron chi connectivity index (χ4n) is 2.54. The summed E-state index contributed by atoms with van der Waals surface area (Å²) >= 11 is 0. The lowest BCUT2D eigenvalue weighted by atomic mass is 9.99. The molecule has 3 rings (SSSR count). The van der Waals surface area contributed by atoms with E-state index in [1.807, 2.05) is 38.4 Å². The second-order valence-electron chi connectivity index (χ2n) is 4.82. The van der Waals surface area contributed by atoms with Gasteiger partial charge in [0.2, 0.25) is 5.69 Å². The van der Waals surface area contributed by atoms with Gasteiger partial charge in [-0.05, 0) is 42.1 Å². The average Bonchev–Trinajstić information content (AvgIpc) is 2.40. The highest BCUT2D eigenvalue weighted by Crippen LogP contribution is 2.27. The molecule has 0 aliphatic carbocycles. The number of hydrogen-bond donors (Lipinski definition) is 0. The van der Waals surface area contributed by atoms with Crippen LogP contribution in [-0.2, 0) is 7.05 Å². The van der Waals surface area contributed by atoms with Gasteiger partial charge in [-0.25, -0.2) is 8.96 Å². The Morgan fingerprint density at radius 3 is 2.58 bits per heavy atom. The number of hydrogen-bond acceptors (Lipinski definition) is 0. The second kappa shape index (κ2) is 4.47. The number of nitrogens with zero attached hydrogens (tertiary/aromatic N) is 1. The molecular formula is C17H15FN+. The Kier molecular flexibility index (Phi) is 2.79. The van der Waals surface area contributed by atoms with Crippen LogP contribution in [0.25, 0.3) is 22.0 Å². The Bertz CT molecular complexity index is 762. The monoisotopic (exact) mass is 252 g/mol. The van der Waals surface area contributed by atoms with Gasteiger partial charge in [-0.2, -0.15) is 0 Å². The normalized spacial score (nSPS) is 10.9.